The second-order valence-corrected chi connectivity index (χ2v) is 7.27. The van der Waals surface area contributed by atoms with Crippen LogP contribution in [0.3, 0.4) is 0 Å². The van der Waals surface area contributed by atoms with Gasteiger partial charge in [0.25, 0.3) is 0 Å². The molecule has 23 heavy (non-hydrogen) atoms. The Kier molecular flexibility index (Phi) is 6.10. The SMILES string of the molecule is CNC1CC=CC1.CNC1C[C@@H]2O[C@@H]2C1.CNC1C[C@@H]2O[C@@H]2C1. The summed E-state index contributed by atoms with van der Waals surface area (Å²) in [5.74, 6) is 0. The van der Waals surface area contributed by atoms with Gasteiger partial charge < -0.3 is 25.4 Å². The second-order valence-electron chi connectivity index (χ2n) is 7.27. The van der Waals surface area contributed by atoms with Crippen molar-refractivity contribution in [3.05, 3.63) is 12.2 Å². The molecule has 2 saturated carbocycles. The van der Waals surface area contributed by atoms with Gasteiger partial charge in [0.15, 0.2) is 0 Å². The van der Waals surface area contributed by atoms with E-state index in [-0.39, 0.29) is 0 Å². The van der Waals surface area contributed by atoms with E-state index in [9.17, 15) is 0 Å². The minimum Gasteiger partial charge on any atom is -0.369 e. The fourth-order valence-corrected chi connectivity index (χ4v) is 3.83. The molecule has 6 atom stereocenters. The van der Waals surface area contributed by atoms with E-state index in [0.29, 0.717) is 24.4 Å². The van der Waals surface area contributed by atoms with Gasteiger partial charge in [0, 0.05) is 18.1 Å². The molecule has 3 N–H and O–H groups in total. The molecule has 0 aromatic rings. The van der Waals surface area contributed by atoms with E-state index in [1.54, 1.807) is 0 Å². The smallest absolute Gasteiger partial charge is 0.0857 e. The molecule has 2 heterocycles. The van der Waals surface area contributed by atoms with E-state index in [1.165, 1.54) is 38.5 Å². The molecule has 0 spiro atoms. The standard InChI is InChI=1S/2C6H11NO.C6H11N/c2*1-7-4-2-5-6(3-4)8-5;1-7-6-4-2-3-5-6/h2*4-7H,2-3H2,1H3;2-3,6-7H,4-5H2,1H3/t2*4?,5-,6+;. The van der Waals surface area contributed by atoms with E-state index in [2.05, 4.69) is 28.1 Å². The molecular weight excluding hydrogens is 290 g/mol. The molecule has 3 aliphatic carbocycles. The van der Waals surface area contributed by atoms with E-state index < -0.39 is 0 Å². The number of hydrogen-bond donors (Lipinski definition) is 3. The first-order valence-electron chi connectivity index (χ1n) is 9.21. The van der Waals surface area contributed by atoms with E-state index in [0.717, 1.165) is 18.1 Å². The van der Waals surface area contributed by atoms with Crippen LogP contribution in [0.1, 0.15) is 38.5 Å². The summed E-state index contributed by atoms with van der Waals surface area (Å²) in [4.78, 5) is 0. The summed E-state index contributed by atoms with van der Waals surface area (Å²) in [6.07, 6.45) is 14.4. The average Bonchev–Trinajstić information content (AvgIpc) is 3.29. The van der Waals surface area contributed by atoms with Crippen molar-refractivity contribution in [2.45, 2.75) is 81.1 Å². The summed E-state index contributed by atoms with van der Waals surface area (Å²) in [5, 5.41) is 9.69. The van der Waals surface area contributed by atoms with Gasteiger partial charge in [-0.3, -0.25) is 0 Å². The van der Waals surface area contributed by atoms with Gasteiger partial charge in [0.1, 0.15) is 0 Å². The number of epoxide rings is 2. The third-order valence-electron chi connectivity index (χ3n) is 5.68. The topological polar surface area (TPSA) is 61.1 Å². The molecule has 5 nitrogen and oxygen atoms in total. The van der Waals surface area contributed by atoms with Crippen LogP contribution in [0.5, 0.6) is 0 Å². The van der Waals surface area contributed by atoms with Crippen molar-refractivity contribution in [2.24, 2.45) is 0 Å². The van der Waals surface area contributed by atoms with Gasteiger partial charge in [0.05, 0.1) is 24.4 Å². The molecule has 0 bridgehead atoms. The fraction of sp³-hybridized carbons (Fsp3) is 0.889. The lowest BCUT2D eigenvalue weighted by atomic mass is 10.2. The highest BCUT2D eigenvalue weighted by molar-refractivity contribution is 4.99. The number of rotatable bonds is 3. The van der Waals surface area contributed by atoms with Crippen LogP contribution in [0, 0.1) is 0 Å². The third-order valence-corrected chi connectivity index (χ3v) is 5.68. The number of fused-ring (bicyclic) bond motifs is 2. The summed E-state index contributed by atoms with van der Waals surface area (Å²) in [6.45, 7) is 0. The van der Waals surface area contributed by atoms with Gasteiger partial charge in [-0.2, -0.15) is 0 Å². The molecule has 4 fully saturated rings. The maximum absolute atomic E-state index is 5.24. The Morgan fingerprint density at radius 3 is 1.17 bits per heavy atom. The van der Waals surface area contributed by atoms with Gasteiger partial charge in [-0.1, -0.05) is 12.2 Å². The molecule has 2 aliphatic heterocycles. The predicted molar refractivity (Wildman–Crippen MR) is 92.7 cm³/mol. The quantitative estimate of drug-likeness (QED) is 0.538. The summed E-state index contributed by atoms with van der Waals surface area (Å²) >= 11 is 0. The Labute approximate surface area is 140 Å². The minimum absolute atomic E-state index is 0.632. The third kappa shape index (κ3) is 5.00. The highest BCUT2D eigenvalue weighted by atomic mass is 16.6. The zero-order valence-electron chi connectivity index (χ0n) is 14.8. The molecule has 5 rings (SSSR count). The summed E-state index contributed by atoms with van der Waals surface area (Å²) < 4.78 is 10.5. The molecule has 0 amide bonds. The van der Waals surface area contributed by atoms with Crippen molar-refractivity contribution < 1.29 is 9.47 Å². The first kappa shape index (κ1) is 17.4. The van der Waals surface area contributed by atoms with Gasteiger partial charge in [-0.15, -0.1) is 0 Å². The van der Waals surface area contributed by atoms with Gasteiger partial charge >= 0.3 is 0 Å². The van der Waals surface area contributed by atoms with Crippen molar-refractivity contribution in [1.82, 2.24) is 16.0 Å². The summed E-state index contributed by atoms with van der Waals surface area (Å²) in [7, 11) is 6.06. The normalized spacial score (nSPS) is 42.2. The van der Waals surface area contributed by atoms with Crippen molar-refractivity contribution >= 4 is 0 Å². The number of ether oxygens (including phenoxy) is 2. The molecule has 132 valence electrons. The number of hydrogen-bond acceptors (Lipinski definition) is 5. The van der Waals surface area contributed by atoms with Crippen LogP contribution in [0.4, 0.5) is 0 Å². The highest BCUT2D eigenvalue weighted by Crippen LogP contribution is 2.38. The Morgan fingerprint density at radius 2 is 0.957 bits per heavy atom. The van der Waals surface area contributed by atoms with Crippen molar-refractivity contribution in [1.29, 1.82) is 0 Å². The molecule has 2 unspecified atom stereocenters. The van der Waals surface area contributed by atoms with Crippen molar-refractivity contribution in [3.8, 4) is 0 Å². The van der Waals surface area contributed by atoms with Gasteiger partial charge in [-0.25, -0.2) is 0 Å². The second kappa shape index (κ2) is 8.08. The van der Waals surface area contributed by atoms with Crippen LogP contribution in [0.2, 0.25) is 0 Å². The highest BCUT2D eigenvalue weighted by Gasteiger charge is 2.47. The van der Waals surface area contributed by atoms with Crippen LogP contribution < -0.4 is 16.0 Å². The van der Waals surface area contributed by atoms with Crippen LogP contribution in [0.25, 0.3) is 0 Å². The summed E-state index contributed by atoms with van der Waals surface area (Å²) in [5.41, 5.74) is 0. The first-order valence-corrected chi connectivity index (χ1v) is 9.21. The number of nitrogens with one attached hydrogen (secondary N) is 3. The molecular formula is C18H33N3O2. The van der Waals surface area contributed by atoms with E-state index >= 15 is 0 Å². The van der Waals surface area contributed by atoms with Gasteiger partial charge in [-0.05, 0) is 59.7 Å². The van der Waals surface area contributed by atoms with Crippen LogP contribution >= 0.6 is 0 Å². The molecule has 5 heteroatoms. The largest absolute Gasteiger partial charge is 0.369 e. The van der Waals surface area contributed by atoms with Crippen LogP contribution in [0.15, 0.2) is 12.2 Å². The zero-order valence-corrected chi connectivity index (χ0v) is 14.8. The van der Waals surface area contributed by atoms with Crippen molar-refractivity contribution in [3.63, 3.8) is 0 Å². The molecule has 2 saturated heterocycles. The summed E-state index contributed by atoms with van der Waals surface area (Å²) in [6, 6.07) is 2.23. The average molecular weight is 323 g/mol. The molecule has 5 aliphatic rings. The lowest BCUT2D eigenvalue weighted by Gasteiger charge is -2.07. The first-order chi connectivity index (χ1) is 11.2. The monoisotopic (exact) mass is 323 g/mol. The van der Waals surface area contributed by atoms with Crippen LogP contribution in [-0.4, -0.2) is 63.7 Å². The maximum atomic E-state index is 5.24. The Bertz CT molecular complexity index is 350. The zero-order chi connectivity index (χ0) is 16.2. The molecule has 0 radical (unpaired) electrons. The molecule has 0 aromatic carbocycles. The van der Waals surface area contributed by atoms with E-state index in [4.69, 9.17) is 9.47 Å². The predicted octanol–water partition coefficient (Wildman–Crippen LogP) is 1.20. The lowest BCUT2D eigenvalue weighted by molar-refractivity contribution is 0.290. The van der Waals surface area contributed by atoms with Crippen LogP contribution in [-0.2, 0) is 9.47 Å². The maximum Gasteiger partial charge on any atom is 0.0857 e. The lowest BCUT2D eigenvalue weighted by Crippen LogP contribution is -2.23. The Balaban J connectivity index is 0.000000102. The Morgan fingerprint density at radius 1 is 0.609 bits per heavy atom. The minimum atomic E-state index is 0.632. The van der Waals surface area contributed by atoms with E-state index in [1.807, 2.05) is 21.1 Å². The van der Waals surface area contributed by atoms with Gasteiger partial charge in [0.2, 0.25) is 0 Å². The Hall–Kier alpha value is -0.460. The fourth-order valence-electron chi connectivity index (χ4n) is 3.83. The molecule has 0 aromatic heterocycles. The van der Waals surface area contributed by atoms with Crippen molar-refractivity contribution in [2.75, 3.05) is 21.1 Å².